The molecule has 5 nitrogen and oxygen atoms in total. The maximum Gasteiger partial charge on any atom is 0.336 e. The average Bonchev–Trinajstić information content (AvgIpc) is 3.14. The van der Waals surface area contributed by atoms with Crippen molar-refractivity contribution in [3.8, 4) is 11.1 Å². The van der Waals surface area contributed by atoms with Crippen LogP contribution < -0.4 is 5.69 Å². The molecule has 2 aromatic carbocycles. The first-order valence-corrected chi connectivity index (χ1v) is 12.8. The Balaban J connectivity index is 1.57. The van der Waals surface area contributed by atoms with Gasteiger partial charge in [0.1, 0.15) is 0 Å². The smallest absolute Gasteiger partial charge is 0.336 e. The molecule has 0 amide bonds. The zero-order chi connectivity index (χ0) is 23.9. The van der Waals surface area contributed by atoms with Gasteiger partial charge in [0.2, 0.25) is 0 Å². The van der Waals surface area contributed by atoms with E-state index >= 15 is 0 Å². The largest absolute Gasteiger partial charge is 0.478 e. The number of carbonyl (C=O) groups is 1. The number of aryl methyl sites for hydroxylation is 1. The average molecular weight is 461 g/mol. The summed E-state index contributed by atoms with van der Waals surface area (Å²) in [4.78, 5) is 25.0. The first kappa shape index (κ1) is 24.1. The van der Waals surface area contributed by atoms with Crippen molar-refractivity contribution in [2.75, 3.05) is 0 Å². The van der Waals surface area contributed by atoms with Crippen LogP contribution in [0.2, 0.25) is 0 Å². The molecule has 180 valence electrons. The summed E-state index contributed by atoms with van der Waals surface area (Å²) in [5.41, 5.74) is 4.13. The van der Waals surface area contributed by atoms with Crippen LogP contribution in [-0.4, -0.2) is 20.2 Å². The first-order chi connectivity index (χ1) is 16.6. The fourth-order valence-corrected chi connectivity index (χ4v) is 5.18. The number of imidazole rings is 1. The summed E-state index contributed by atoms with van der Waals surface area (Å²) in [6, 6.07) is 15.0. The number of aromatic carboxylic acids is 1. The Hall–Kier alpha value is -3.08. The summed E-state index contributed by atoms with van der Waals surface area (Å²) >= 11 is 0. The van der Waals surface area contributed by atoms with E-state index in [-0.39, 0.29) is 5.69 Å². The molecule has 5 heteroatoms. The van der Waals surface area contributed by atoms with Gasteiger partial charge in [-0.1, -0.05) is 81.5 Å². The van der Waals surface area contributed by atoms with E-state index in [1.165, 1.54) is 38.5 Å². The molecule has 0 spiro atoms. The molecule has 1 fully saturated rings. The summed E-state index contributed by atoms with van der Waals surface area (Å²) in [6.07, 6.45) is 12.8. The highest BCUT2D eigenvalue weighted by Gasteiger charge is 2.18. The molecule has 0 aliphatic heterocycles. The minimum Gasteiger partial charge on any atom is -0.478 e. The van der Waals surface area contributed by atoms with Gasteiger partial charge in [0.05, 0.1) is 12.1 Å². The van der Waals surface area contributed by atoms with Crippen LogP contribution in [0.25, 0.3) is 11.1 Å². The summed E-state index contributed by atoms with van der Waals surface area (Å²) in [6.45, 7) is 3.57. The quantitative estimate of drug-likeness (QED) is 0.357. The molecule has 0 bridgehead atoms. The summed E-state index contributed by atoms with van der Waals surface area (Å²) < 4.78 is 3.90. The lowest BCUT2D eigenvalue weighted by molar-refractivity contribution is 0.0697. The lowest BCUT2D eigenvalue weighted by Gasteiger charge is -2.21. The summed E-state index contributed by atoms with van der Waals surface area (Å²) in [5, 5.41) is 9.51. The van der Waals surface area contributed by atoms with Crippen LogP contribution in [0.3, 0.4) is 0 Å². The Labute approximate surface area is 202 Å². The second-order valence-corrected chi connectivity index (χ2v) is 9.65. The molecule has 1 N–H and O–H groups in total. The number of hydrogen-bond acceptors (Lipinski definition) is 2. The van der Waals surface area contributed by atoms with E-state index in [0.29, 0.717) is 23.6 Å². The molecule has 1 heterocycles. The molecule has 0 atom stereocenters. The second-order valence-electron chi connectivity index (χ2n) is 9.65. The first-order valence-electron chi connectivity index (χ1n) is 12.8. The highest BCUT2D eigenvalue weighted by atomic mass is 16.4. The van der Waals surface area contributed by atoms with Crippen molar-refractivity contribution in [1.82, 2.24) is 9.13 Å². The number of hydrogen-bond donors (Lipinski definition) is 1. The Morgan fingerprint density at radius 2 is 1.74 bits per heavy atom. The standard InChI is InChI=1S/C29H36N2O3/c1-2-3-5-12-25-21-30(19-22-10-6-4-7-11-22)29(34)31(25)20-23-15-17-24(18-16-23)26-13-8-9-14-27(26)28(32)33/h8-9,13-18,21-22H,2-7,10-12,19-20H2,1H3,(H,32,33). The monoisotopic (exact) mass is 460 g/mol. The lowest BCUT2D eigenvalue weighted by atomic mass is 9.89. The van der Waals surface area contributed by atoms with Gasteiger partial charge in [-0.15, -0.1) is 0 Å². The maximum absolute atomic E-state index is 13.4. The Kier molecular flexibility index (Phi) is 8.04. The van der Waals surface area contributed by atoms with Crippen molar-refractivity contribution >= 4 is 5.97 Å². The van der Waals surface area contributed by atoms with Crippen LogP contribution in [0.1, 0.15) is 79.9 Å². The lowest BCUT2D eigenvalue weighted by Crippen LogP contribution is -2.28. The van der Waals surface area contributed by atoms with Crippen LogP contribution in [0.4, 0.5) is 0 Å². The zero-order valence-electron chi connectivity index (χ0n) is 20.2. The summed E-state index contributed by atoms with van der Waals surface area (Å²) in [7, 11) is 0. The minimum absolute atomic E-state index is 0.0948. The van der Waals surface area contributed by atoms with Gasteiger partial charge in [-0.25, -0.2) is 9.59 Å². The Morgan fingerprint density at radius 3 is 2.44 bits per heavy atom. The van der Waals surface area contributed by atoms with Crippen LogP contribution >= 0.6 is 0 Å². The molecule has 1 saturated carbocycles. The Bertz CT molecular complexity index is 1150. The molecule has 0 saturated heterocycles. The highest BCUT2D eigenvalue weighted by molar-refractivity contribution is 5.95. The summed E-state index contributed by atoms with van der Waals surface area (Å²) in [5.74, 6) is -0.318. The molecule has 1 aliphatic carbocycles. The van der Waals surface area contributed by atoms with Crippen LogP contribution in [-0.2, 0) is 19.5 Å². The molecule has 0 radical (unpaired) electrons. The van der Waals surface area contributed by atoms with E-state index in [2.05, 4.69) is 13.1 Å². The molecule has 0 unspecified atom stereocenters. The van der Waals surface area contributed by atoms with Gasteiger partial charge < -0.3 is 5.11 Å². The van der Waals surface area contributed by atoms with Crippen molar-refractivity contribution in [2.45, 2.75) is 77.8 Å². The molecular formula is C29H36N2O3. The van der Waals surface area contributed by atoms with Crippen molar-refractivity contribution in [3.05, 3.63) is 82.0 Å². The van der Waals surface area contributed by atoms with E-state index in [0.717, 1.165) is 42.6 Å². The highest BCUT2D eigenvalue weighted by Crippen LogP contribution is 2.26. The van der Waals surface area contributed by atoms with E-state index < -0.39 is 5.97 Å². The number of nitrogens with zero attached hydrogens (tertiary/aromatic N) is 2. The third-order valence-corrected chi connectivity index (χ3v) is 7.11. The number of unbranched alkanes of at least 4 members (excludes halogenated alkanes) is 2. The van der Waals surface area contributed by atoms with Crippen molar-refractivity contribution in [1.29, 1.82) is 0 Å². The van der Waals surface area contributed by atoms with E-state index in [9.17, 15) is 14.7 Å². The number of carboxylic acid groups (broad SMARTS) is 1. The van der Waals surface area contributed by atoms with Crippen LogP contribution in [0.15, 0.2) is 59.5 Å². The van der Waals surface area contributed by atoms with E-state index in [1.807, 2.05) is 45.5 Å². The molecule has 1 aliphatic rings. The van der Waals surface area contributed by atoms with Crippen LogP contribution in [0, 0.1) is 5.92 Å². The fraction of sp³-hybridized carbons (Fsp3) is 0.448. The maximum atomic E-state index is 13.4. The van der Waals surface area contributed by atoms with Crippen LogP contribution in [0.5, 0.6) is 0 Å². The number of benzene rings is 2. The molecule has 4 rings (SSSR count). The molecule has 1 aromatic heterocycles. The minimum atomic E-state index is -0.928. The topological polar surface area (TPSA) is 64.2 Å². The van der Waals surface area contributed by atoms with Crippen molar-refractivity contribution in [3.63, 3.8) is 0 Å². The Morgan fingerprint density at radius 1 is 1.00 bits per heavy atom. The van der Waals surface area contributed by atoms with Gasteiger partial charge in [0.25, 0.3) is 0 Å². The van der Waals surface area contributed by atoms with Gasteiger partial charge >= 0.3 is 11.7 Å². The number of rotatable bonds is 10. The second kappa shape index (κ2) is 11.4. The predicted molar refractivity (Wildman–Crippen MR) is 136 cm³/mol. The zero-order valence-corrected chi connectivity index (χ0v) is 20.2. The third kappa shape index (κ3) is 5.69. The van der Waals surface area contributed by atoms with Gasteiger partial charge in [0.15, 0.2) is 0 Å². The molecule has 3 aromatic rings. The van der Waals surface area contributed by atoms with E-state index in [4.69, 9.17) is 0 Å². The van der Waals surface area contributed by atoms with Gasteiger partial charge in [0, 0.05) is 18.4 Å². The van der Waals surface area contributed by atoms with Gasteiger partial charge in [-0.05, 0) is 54.4 Å². The van der Waals surface area contributed by atoms with Gasteiger partial charge in [-0.3, -0.25) is 9.13 Å². The SMILES string of the molecule is CCCCCc1cn(CC2CCCCC2)c(=O)n1Cc1ccc(-c2ccccc2C(=O)O)cc1. The predicted octanol–water partition coefficient (Wildman–Crippen LogP) is 6.38. The number of aromatic nitrogens is 2. The fourth-order valence-electron chi connectivity index (χ4n) is 5.18. The van der Waals surface area contributed by atoms with Crippen molar-refractivity contribution < 1.29 is 9.90 Å². The van der Waals surface area contributed by atoms with Gasteiger partial charge in [-0.2, -0.15) is 0 Å². The molecule has 34 heavy (non-hydrogen) atoms. The number of carboxylic acids is 1. The van der Waals surface area contributed by atoms with E-state index in [1.54, 1.807) is 12.1 Å². The van der Waals surface area contributed by atoms with Crippen molar-refractivity contribution in [2.24, 2.45) is 5.92 Å². The third-order valence-electron chi connectivity index (χ3n) is 7.11. The molecular weight excluding hydrogens is 424 g/mol. The normalized spacial score (nSPS) is 14.4.